The maximum atomic E-state index is 13.5. The number of benzene rings is 1. The molecule has 0 amide bonds. The summed E-state index contributed by atoms with van der Waals surface area (Å²) in [6.45, 7) is 0. The van der Waals surface area contributed by atoms with Crippen molar-refractivity contribution in [3.63, 3.8) is 0 Å². The van der Waals surface area contributed by atoms with Crippen LogP contribution in [-0.4, -0.2) is 4.98 Å². The van der Waals surface area contributed by atoms with Crippen LogP contribution in [-0.2, 0) is 6.18 Å². The first-order valence-corrected chi connectivity index (χ1v) is 5.70. The number of halogens is 5. The predicted octanol–water partition coefficient (Wildman–Crippen LogP) is 4.22. The maximum absolute atomic E-state index is 13.5. The molecule has 0 saturated carbocycles. The Bertz CT molecular complexity index is 643. The molecule has 0 saturated heterocycles. The van der Waals surface area contributed by atoms with Gasteiger partial charge in [0, 0.05) is 11.9 Å². The zero-order chi connectivity index (χ0) is 14.9. The molecule has 20 heavy (non-hydrogen) atoms. The molecule has 0 atom stereocenters. The van der Waals surface area contributed by atoms with Crippen LogP contribution in [0, 0.1) is 5.82 Å². The molecule has 1 aromatic heterocycles. The number of aromatic nitrogens is 1. The average Bonchev–Trinajstić information content (AvgIpc) is 2.35. The Morgan fingerprint density at radius 3 is 2.50 bits per heavy atom. The Morgan fingerprint density at radius 2 is 1.90 bits per heavy atom. The zero-order valence-corrected chi connectivity index (χ0v) is 10.6. The van der Waals surface area contributed by atoms with E-state index in [1.807, 2.05) is 0 Å². The number of nitrogens with one attached hydrogen (secondary N) is 1. The van der Waals surface area contributed by atoms with Gasteiger partial charge in [-0.25, -0.2) is 9.37 Å². The molecule has 0 bridgehead atoms. The van der Waals surface area contributed by atoms with E-state index >= 15 is 0 Å². The molecule has 3 N–H and O–H groups in total. The van der Waals surface area contributed by atoms with Crippen molar-refractivity contribution in [2.45, 2.75) is 6.18 Å². The lowest BCUT2D eigenvalue weighted by atomic mass is 10.2. The van der Waals surface area contributed by atoms with Gasteiger partial charge in [0.15, 0.2) is 0 Å². The number of hydrogen-bond acceptors (Lipinski definition) is 3. The summed E-state index contributed by atoms with van der Waals surface area (Å²) in [6, 6.07) is 4.46. The van der Waals surface area contributed by atoms with Gasteiger partial charge in [0.2, 0.25) is 0 Å². The van der Waals surface area contributed by atoms with Crippen molar-refractivity contribution in [1.82, 2.24) is 4.98 Å². The standard InChI is InChI=1S/C12H8ClF4N3/c13-8-3-6(12(15,16)17)5-19-11(8)20-10-4-7(18)1-2-9(10)14/h1-5H,18H2,(H,19,20). The molecule has 0 unspecified atom stereocenters. The summed E-state index contributed by atoms with van der Waals surface area (Å²) in [6.07, 6.45) is -3.93. The van der Waals surface area contributed by atoms with Crippen LogP contribution in [0.3, 0.4) is 0 Å². The van der Waals surface area contributed by atoms with Gasteiger partial charge in [-0.15, -0.1) is 0 Å². The van der Waals surface area contributed by atoms with Crippen molar-refractivity contribution in [2.24, 2.45) is 0 Å². The molecule has 2 aromatic rings. The Labute approximate surface area is 116 Å². The zero-order valence-electron chi connectivity index (χ0n) is 9.80. The molecule has 8 heteroatoms. The second kappa shape index (κ2) is 5.16. The van der Waals surface area contributed by atoms with E-state index in [0.29, 0.717) is 12.3 Å². The number of rotatable bonds is 2. The van der Waals surface area contributed by atoms with Crippen molar-refractivity contribution in [1.29, 1.82) is 0 Å². The third kappa shape index (κ3) is 3.11. The van der Waals surface area contributed by atoms with E-state index in [0.717, 1.165) is 6.07 Å². The van der Waals surface area contributed by atoms with E-state index in [2.05, 4.69) is 10.3 Å². The molecule has 1 aromatic carbocycles. The average molecular weight is 306 g/mol. The van der Waals surface area contributed by atoms with Crippen molar-refractivity contribution in [2.75, 3.05) is 11.1 Å². The molecular weight excluding hydrogens is 298 g/mol. The summed E-state index contributed by atoms with van der Waals surface area (Å²) in [5.41, 5.74) is 4.77. The molecule has 0 aliphatic rings. The monoisotopic (exact) mass is 305 g/mol. The number of anilines is 3. The van der Waals surface area contributed by atoms with Gasteiger partial charge in [0.1, 0.15) is 11.6 Å². The van der Waals surface area contributed by atoms with Crippen LogP contribution in [0.2, 0.25) is 5.02 Å². The maximum Gasteiger partial charge on any atom is 0.417 e. The van der Waals surface area contributed by atoms with Gasteiger partial charge >= 0.3 is 6.18 Å². The smallest absolute Gasteiger partial charge is 0.399 e. The Morgan fingerprint density at radius 1 is 1.20 bits per heavy atom. The van der Waals surface area contributed by atoms with E-state index in [9.17, 15) is 17.6 Å². The molecule has 0 aliphatic carbocycles. The van der Waals surface area contributed by atoms with Crippen molar-refractivity contribution in [3.8, 4) is 0 Å². The SMILES string of the molecule is Nc1ccc(F)c(Nc2ncc(C(F)(F)F)cc2Cl)c1. The highest BCUT2D eigenvalue weighted by atomic mass is 35.5. The molecule has 3 nitrogen and oxygen atoms in total. The fourth-order valence-electron chi connectivity index (χ4n) is 1.45. The Balaban J connectivity index is 2.33. The lowest BCUT2D eigenvalue weighted by Crippen LogP contribution is -2.07. The quantitative estimate of drug-likeness (QED) is 0.645. The fourth-order valence-corrected chi connectivity index (χ4v) is 1.66. The molecule has 1 heterocycles. The van der Waals surface area contributed by atoms with Crippen LogP contribution in [0.4, 0.5) is 34.8 Å². The van der Waals surface area contributed by atoms with E-state index in [1.54, 1.807) is 0 Å². The van der Waals surface area contributed by atoms with E-state index in [4.69, 9.17) is 17.3 Å². The van der Waals surface area contributed by atoms with Crippen molar-refractivity contribution < 1.29 is 17.6 Å². The molecule has 0 fully saturated rings. The Kier molecular flexibility index (Phi) is 3.71. The van der Waals surface area contributed by atoms with Gasteiger partial charge in [-0.1, -0.05) is 11.6 Å². The van der Waals surface area contributed by atoms with Gasteiger partial charge < -0.3 is 11.1 Å². The van der Waals surface area contributed by atoms with Gasteiger partial charge in [0.05, 0.1) is 16.3 Å². The summed E-state index contributed by atoms with van der Waals surface area (Å²) in [4.78, 5) is 3.54. The lowest BCUT2D eigenvalue weighted by Gasteiger charge is -2.11. The highest BCUT2D eigenvalue weighted by Crippen LogP contribution is 2.33. The normalized spacial score (nSPS) is 11.4. The van der Waals surface area contributed by atoms with Crippen LogP contribution >= 0.6 is 11.6 Å². The van der Waals surface area contributed by atoms with Crippen LogP contribution < -0.4 is 11.1 Å². The van der Waals surface area contributed by atoms with E-state index < -0.39 is 17.6 Å². The number of pyridine rings is 1. The summed E-state index contributed by atoms with van der Waals surface area (Å²) in [5, 5.41) is 2.22. The molecule has 0 radical (unpaired) electrons. The minimum atomic E-state index is -4.54. The largest absolute Gasteiger partial charge is 0.417 e. The van der Waals surface area contributed by atoms with Crippen molar-refractivity contribution in [3.05, 3.63) is 46.9 Å². The van der Waals surface area contributed by atoms with Crippen LogP contribution in [0.25, 0.3) is 0 Å². The van der Waals surface area contributed by atoms with Crippen LogP contribution in [0.1, 0.15) is 5.56 Å². The van der Waals surface area contributed by atoms with Gasteiger partial charge in [-0.05, 0) is 24.3 Å². The number of nitrogens with zero attached hydrogens (tertiary/aromatic N) is 1. The number of alkyl halides is 3. The van der Waals surface area contributed by atoms with Crippen molar-refractivity contribution >= 4 is 28.8 Å². The fraction of sp³-hybridized carbons (Fsp3) is 0.0833. The third-order valence-electron chi connectivity index (χ3n) is 2.41. The molecule has 106 valence electrons. The van der Waals surface area contributed by atoms with E-state index in [1.165, 1.54) is 12.1 Å². The summed E-state index contributed by atoms with van der Waals surface area (Å²) < 4.78 is 50.8. The van der Waals surface area contributed by atoms with Crippen LogP contribution in [0.15, 0.2) is 30.5 Å². The highest BCUT2D eigenvalue weighted by Gasteiger charge is 2.31. The topological polar surface area (TPSA) is 50.9 Å². The highest BCUT2D eigenvalue weighted by molar-refractivity contribution is 6.33. The number of hydrogen-bond donors (Lipinski definition) is 2. The number of nitrogens with two attached hydrogens (primary N) is 1. The summed E-state index contributed by atoms with van der Waals surface area (Å²) in [7, 11) is 0. The minimum Gasteiger partial charge on any atom is -0.399 e. The first-order chi connectivity index (χ1) is 9.27. The van der Waals surface area contributed by atoms with Crippen LogP contribution in [0.5, 0.6) is 0 Å². The number of nitrogen functional groups attached to an aromatic ring is 1. The summed E-state index contributed by atoms with van der Waals surface area (Å²) >= 11 is 5.70. The summed E-state index contributed by atoms with van der Waals surface area (Å²) in [5.74, 6) is -0.721. The first-order valence-electron chi connectivity index (χ1n) is 5.32. The van der Waals surface area contributed by atoms with Gasteiger partial charge in [0.25, 0.3) is 0 Å². The first kappa shape index (κ1) is 14.4. The molecule has 0 aliphatic heterocycles. The molecule has 2 rings (SSSR count). The second-order valence-corrected chi connectivity index (χ2v) is 4.32. The second-order valence-electron chi connectivity index (χ2n) is 3.92. The van der Waals surface area contributed by atoms with Gasteiger partial charge in [-0.2, -0.15) is 13.2 Å². The Hall–Kier alpha value is -2.02. The molecular formula is C12H8ClF4N3. The lowest BCUT2D eigenvalue weighted by molar-refractivity contribution is -0.137. The van der Waals surface area contributed by atoms with E-state index in [-0.39, 0.29) is 22.2 Å². The molecule has 0 spiro atoms. The third-order valence-corrected chi connectivity index (χ3v) is 2.70. The van der Waals surface area contributed by atoms with Gasteiger partial charge in [-0.3, -0.25) is 0 Å². The minimum absolute atomic E-state index is 0.0286. The predicted molar refractivity (Wildman–Crippen MR) is 68.3 cm³/mol.